The zero-order valence-electron chi connectivity index (χ0n) is 16.3. The highest BCUT2D eigenvalue weighted by molar-refractivity contribution is 5.82. The van der Waals surface area contributed by atoms with Crippen LogP contribution in [0.2, 0.25) is 0 Å². The zero-order valence-corrected chi connectivity index (χ0v) is 16.3. The first-order chi connectivity index (χ1) is 11.9. The Bertz CT molecular complexity index is 550. The van der Waals surface area contributed by atoms with Gasteiger partial charge in [0.2, 0.25) is 0 Å². The van der Waals surface area contributed by atoms with Crippen LogP contribution in [0.25, 0.3) is 0 Å². The monoisotopic (exact) mass is 348 g/mol. The third-order valence-electron chi connectivity index (χ3n) is 4.69. The minimum Gasteiger partial charge on any atom is -0.469 e. The molecule has 1 aliphatic carbocycles. The second-order valence-corrected chi connectivity index (χ2v) is 6.97. The summed E-state index contributed by atoms with van der Waals surface area (Å²) in [7, 11) is 2.73. The molecule has 140 valence electrons. The van der Waals surface area contributed by atoms with E-state index in [1.807, 2.05) is 0 Å². The first kappa shape index (κ1) is 21.2. The van der Waals surface area contributed by atoms with Crippen LogP contribution in [0.15, 0.2) is 34.9 Å². The van der Waals surface area contributed by atoms with E-state index < -0.39 is 11.8 Å². The molecule has 1 rings (SSSR count). The smallest absolute Gasteiger partial charge is 0.309 e. The van der Waals surface area contributed by atoms with Crippen molar-refractivity contribution in [2.45, 2.75) is 59.3 Å². The Balaban J connectivity index is 2.59. The highest BCUT2D eigenvalue weighted by Gasteiger charge is 2.37. The second kappa shape index (κ2) is 10.9. The minimum absolute atomic E-state index is 0.325. The Morgan fingerprint density at radius 2 is 1.68 bits per heavy atom. The van der Waals surface area contributed by atoms with E-state index in [0.717, 1.165) is 25.7 Å². The quantitative estimate of drug-likeness (QED) is 0.469. The Morgan fingerprint density at radius 3 is 2.28 bits per heavy atom. The second-order valence-electron chi connectivity index (χ2n) is 6.97. The molecule has 0 unspecified atom stereocenters. The van der Waals surface area contributed by atoms with Crippen LogP contribution in [0, 0.1) is 11.8 Å². The molecule has 0 aromatic heterocycles. The van der Waals surface area contributed by atoms with Crippen molar-refractivity contribution in [1.29, 1.82) is 0 Å². The predicted octanol–water partition coefficient (Wildman–Crippen LogP) is 4.76. The lowest BCUT2D eigenvalue weighted by Crippen LogP contribution is -2.33. The van der Waals surface area contributed by atoms with Crippen molar-refractivity contribution in [2.75, 3.05) is 14.2 Å². The maximum Gasteiger partial charge on any atom is 0.309 e. The average molecular weight is 348 g/mol. The van der Waals surface area contributed by atoms with Crippen LogP contribution in [0.4, 0.5) is 0 Å². The Labute approximate surface area is 152 Å². The van der Waals surface area contributed by atoms with Gasteiger partial charge in [-0.05, 0) is 59.3 Å². The maximum absolute atomic E-state index is 12.0. The fourth-order valence-corrected chi connectivity index (χ4v) is 3.18. The lowest BCUT2D eigenvalue weighted by atomic mass is 9.78. The zero-order chi connectivity index (χ0) is 18.8. The summed E-state index contributed by atoms with van der Waals surface area (Å²) < 4.78 is 9.70. The van der Waals surface area contributed by atoms with E-state index in [2.05, 4.69) is 39.0 Å². The van der Waals surface area contributed by atoms with Gasteiger partial charge in [0.05, 0.1) is 26.1 Å². The van der Waals surface area contributed by atoms with Crippen molar-refractivity contribution in [3.63, 3.8) is 0 Å². The number of methoxy groups -OCH3 is 2. The summed E-state index contributed by atoms with van der Waals surface area (Å²) >= 11 is 0. The summed E-state index contributed by atoms with van der Waals surface area (Å²) in [5.74, 6) is -1.52. The molecule has 0 aliphatic heterocycles. The van der Waals surface area contributed by atoms with Gasteiger partial charge in [0.15, 0.2) is 0 Å². The van der Waals surface area contributed by atoms with Gasteiger partial charge < -0.3 is 9.47 Å². The van der Waals surface area contributed by atoms with Crippen molar-refractivity contribution >= 4 is 11.9 Å². The van der Waals surface area contributed by atoms with Gasteiger partial charge in [-0.2, -0.15) is 0 Å². The number of carbonyl (C=O) groups excluding carboxylic acids is 2. The Hall–Kier alpha value is -1.84. The van der Waals surface area contributed by atoms with Crippen molar-refractivity contribution < 1.29 is 19.1 Å². The van der Waals surface area contributed by atoms with Gasteiger partial charge in [-0.3, -0.25) is 9.59 Å². The highest BCUT2D eigenvalue weighted by atomic mass is 16.5. The number of carbonyl (C=O) groups is 2. The molecule has 0 aromatic rings. The predicted molar refractivity (Wildman–Crippen MR) is 100.0 cm³/mol. The molecule has 0 bridgehead atoms. The van der Waals surface area contributed by atoms with Crippen molar-refractivity contribution in [3.05, 3.63) is 34.9 Å². The van der Waals surface area contributed by atoms with E-state index in [1.165, 1.54) is 30.9 Å². The van der Waals surface area contributed by atoms with E-state index in [9.17, 15) is 9.59 Å². The first-order valence-electron chi connectivity index (χ1n) is 9.01. The average Bonchev–Trinajstić information content (AvgIpc) is 2.59. The number of allylic oxidation sites excluding steroid dienone is 6. The molecular weight excluding hydrogens is 316 g/mol. The minimum atomic E-state index is -0.430. The molecule has 0 amide bonds. The number of hydrogen-bond donors (Lipinski definition) is 0. The van der Waals surface area contributed by atoms with E-state index >= 15 is 0 Å². The fraction of sp³-hybridized carbons (Fsp3) is 0.619. The van der Waals surface area contributed by atoms with Crippen LogP contribution in [0.5, 0.6) is 0 Å². The molecule has 2 atom stereocenters. The normalized spacial score (nSPS) is 20.5. The Kier molecular flexibility index (Phi) is 9.25. The van der Waals surface area contributed by atoms with E-state index in [0.29, 0.717) is 12.8 Å². The maximum atomic E-state index is 12.0. The largest absolute Gasteiger partial charge is 0.469 e. The van der Waals surface area contributed by atoms with Gasteiger partial charge in [0.1, 0.15) is 0 Å². The summed E-state index contributed by atoms with van der Waals surface area (Å²) in [5.41, 5.74) is 3.98. The molecule has 0 aromatic carbocycles. The molecule has 4 nitrogen and oxygen atoms in total. The molecule has 25 heavy (non-hydrogen) atoms. The molecular formula is C21H32O4. The molecule has 0 saturated carbocycles. The lowest BCUT2D eigenvalue weighted by Gasteiger charge is -2.27. The van der Waals surface area contributed by atoms with E-state index in [-0.39, 0.29) is 11.9 Å². The van der Waals surface area contributed by atoms with Crippen LogP contribution >= 0.6 is 0 Å². The number of esters is 2. The molecule has 4 heteroatoms. The third kappa shape index (κ3) is 7.29. The fourth-order valence-electron chi connectivity index (χ4n) is 3.18. The lowest BCUT2D eigenvalue weighted by molar-refractivity contribution is -0.157. The summed E-state index contributed by atoms with van der Waals surface area (Å²) in [6, 6.07) is 0. The molecule has 0 radical (unpaired) electrons. The van der Waals surface area contributed by atoms with Crippen molar-refractivity contribution in [2.24, 2.45) is 11.8 Å². The van der Waals surface area contributed by atoms with Gasteiger partial charge in [0.25, 0.3) is 0 Å². The highest BCUT2D eigenvalue weighted by Crippen LogP contribution is 2.33. The molecule has 0 heterocycles. The van der Waals surface area contributed by atoms with E-state index in [4.69, 9.17) is 9.47 Å². The van der Waals surface area contributed by atoms with Gasteiger partial charge in [-0.25, -0.2) is 0 Å². The molecule has 0 N–H and O–H groups in total. The van der Waals surface area contributed by atoms with Crippen LogP contribution < -0.4 is 0 Å². The number of ether oxygens (including phenoxy) is 2. The molecule has 1 aliphatic rings. The summed E-state index contributed by atoms with van der Waals surface area (Å²) in [4.78, 5) is 23.9. The molecule has 0 spiro atoms. The molecule has 0 fully saturated rings. The van der Waals surface area contributed by atoms with Crippen LogP contribution in [-0.4, -0.2) is 26.2 Å². The SMILES string of the molecule is COC(=O)[C@@H]1CC=C(CC/C=C(\C)CCC=C(C)C)C[C@H]1C(=O)OC. The van der Waals surface area contributed by atoms with Gasteiger partial charge >= 0.3 is 11.9 Å². The standard InChI is InChI=1S/C21H32O4/c1-15(2)8-6-9-16(3)10-7-11-17-12-13-18(20(22)24-4)19(14-17)21(23)25-5/h8,10,12,18-19H,6-7,9,11,13-14H2,1-5H3/b16-10+/t18-,19-/m1/s1. The van der Waals surface area contributed by atoms with Gasteiger partial charge in [-0.15, -0.1) is 0 Å². The van der Waals surface area contributed by atoms with E-state index in [1.54, 1.807) is 0 Å². The molecule has 0 saturated heterocycles. The van der Waals surface area contributed by atoms with Crippen molar-refractivity contribution in [1.82, 2.24) is 0 Å². The third-order valence-corrected chi connectivity index (χ3v) is 4.69. The van der Waals surface area contributed by atoms with Gasteiger partial charge in [-0.1, -0.05) is 34.9 Å². The first-order valence-corrected chi connectivity index (χ1v) is 9.01. The van der Waals surface area contributed by atoms with Crippen molar-refractivity contribution in [3.8, 4) is 0 Å². The summed E-state index contributed by atoms with van der Waals surface area (Å²) in [6.07, 6.45) is 11.8. The summed E-state index contributed by atoms with van der Waals surface area (Å²) in [6.45, 7) is 6.40. The van der Waals surface area contributed by atoms with Crippen LogP contribution in [0.1, 0.15) is 59.3 Å². The van der Waals surface area contributed by atoms with Crippen LogP contribution in [0.3, 0.4) is 0 Å². The van der Waals surface area contributed by atoms with Gasteiger partial charge in [0, 0.05) is 0 Å². The topological polar surface area (TPSA) is 52.6 Å². The number of rotatable bonds is 8. The Morgan fingerprint density at radius 1 is 1.04 bits per heavy atom. The van der Waals surface area contributed by atoms with Crippen LogP contribution in [-0.2, 0) is 19.1 Å². The summed E-state index contributed by atoms with van der Waals surface area (Å²) in [5, 5.41) is 0. The number of hydrogen-bond acceptors (Lipinski definition) is 4.